The summed E-state index contributed by atoms with van der Waals surface area (Å²) in [6.07, 6.45) is -1.84. The highest BCUT2D eigenvalue weighted by Crippen LogP contribution is 2.32. The number of nitrogen functional groups attached to an aromatic ring is 1. The molecule has 3 heterocycles. The maximum absolute atomic E-state index is 11.9. The van der Waals surface area contributed by atoms with Crippen LogP contribution >= 0.6 is 0 Å². The molecular formula is C18H23N7O7. The summed E-state index contributed by atoms with van der Waals surface area (Å²) < 4.78 is 12.3. The highest BCUT2D eigenvalue weighted by molar-refractivity contribution is 5.81. The van der Waals surface area contributed by atoms with E-state index < -0.39 is 35.4 Å². The monoisotopic (exact) mass is 449 g/mol. The molecular weight excluding hydrogens is 426 g/mol. The van der Waals surface area contributed by atoms with Gasteiger partial charge in [-0.1, -0.05) is 0 Å². The molecule has 172 valence electrons. The van der Waals surface area contributed by atoms with Crippen LogP contribution in [0.15, 0.2) is 22.2 Å². The zero-order chi connectivity index (χ0) is 22.8. The summed E-state index contributed by atoms with van der Waals surface area (Å²) in [4.78, 5) is 35.8. The van der Waals surface area contributed by atoms with Crippen molar-refractivity contribution in [3.05, 3.63) is 33.1 Å². The van der Waals surface area contributed by atoms with E-state index in [1.165, 1.54) is 17.2 Å². The Hall–Kier alpha value is -3.17. The predicted octanol–water partition coefficient (Wildman–Crippen LogP) is -2.84. The number of nitrogens with two attached hydrogens (primary N) is 1. The van der Waals surface area contributed by atoms with E-state index in [9.17, 15) is 19.8 Å². The first-order valence-corrected chi connectivity index (χ1v) is 9.88. The van der Waals surface area contributed by atoms with Crippen LogP contribution in [0.5, 0.6) is 0 Å². The van der Waals surface area contributed by atoms with Gasteiger partial charge >= 0.3 is 0 Å². The zero-order valence-corrected chi connectivity index (χ0v) is 16.8. The Balaban J connectivity index is 1.41. The van der Waals surface area contributed by atoms with Gasteiger partial charge < -0.3 is 41.2 Å². The lowest BCUT2D eigenvalue weighted by Gasteiger charge is -2.19. The Morgan fingerprint density at radius 3 is 2.59 bits per heavy atom. The molecule has 0 saturated carbocycles. The highest BCUT2D eigenvalue weighted by atomic mass is 16.6. The number of nitrogens with one attached hydrogen (secondary N) is 2. The van der Waals surface area contributed by atoms with E-state index in [-0.39, 0.29) is 50.1 Å². The lowest BCUT2D eigenvalue weighted by Crippen LogP contribution is -2.41. The van der Waals surface area contributed by atoms with Crippen molar-refractivity contribution in [2.45, 2.75) is 24.5 Å². The number of anilines is 3. The Kier molecular flexibility index (Phi) is 6.29. The first-order chi connectivity index (χ1) is 15.4. The van der Waals surface area contributed by atoms with Gasteiger partial charge in [0.05, 0.1) is 26.1 Å². The van der Waals surface area contributed by atoms with E-state index in [2.05, 4.69) is 25.6 Å². The number of hydrogen-bond donors (Lipinski definition) is 6. The molecule has 14 nitrogen and oxygen atoms in total. The molecule has 4 atom stereocenters. The van der Waals surface area contributed by atoms with Crippen molar-refractivity contribution in [1.82, 2.24) is 19.5 Å². The van der Waals surface area contributed by atoms with E-state index in [1.54, 1.807) is 0 Å². The number of hydrogen-bond acceptors (Lipinski definition) is 13. The first kappa shape index (κ1) is 22.0. The quantitative estimate of drug-likeness (QED) is 0.136. The van der Waals surface area contributed by atoms with E-state index in [0.717, 1.165) is 0 Å². The van der Waals surface area contributed by atoms with E-state index in [4.69, 9.17) is 20.3 Å². The van der Waals surface area contributed by atoms with Crippen LogP contribution in [-0.2, 0) is 9.47 Å². The van der Waals surface area contributed by atoms with Gasteiger partial charge in [-0.2, -0.15) is 0 Å². The van der Waals surface area contributed by atoms with Crippen LogP contribution in [-0.4, -0.2) is 86.1 Å². The molecule has 1 aliphatic heterocycles. The zero-order valence-electron chi connectivity index (χ0n) is 16.8. The molecule has 0 aliphatic carbocycles. The van der Waals surface area contributed by atoms with Crippen molar-refractivity contribution >= 4 is 28.4 Å². The minimum atomic E-state index is -1.30. The van der Waals surface area contributed by atoms with Crippen molar-refractivity contribution in [2.24, 2.45) is 0 Å². The minimum Gasteiger partial charge on any atom is -0.394 e. The van der Waals surface area contributed by atoms with Crippen LogP contribution in [0.4, 0.5) is 17.2 Å². The van der Waals surface area contributed by atoms with Gasteiger partial charge in [0, 0.05) is 13.1 Å². The van der Waals surface area contributed by atoms with Crippen molar-refractivity contribution < 1.29 is 24.8 Å². The van der Waals surface area contributed by atoms with Gasteiger partial charge in [-0.25, -0.2) is 15.0 Å². The largest absolute Gasteiger partial charge is 0.394 e. The second-order valence-electron chi connectivity index (χ2n) is 7.18. The van der Waals surface area contributed by atoms with Gasteiger partial charge in [0.15, 0.2) is 17.7 Å². The van der Waals surface area contributed by atoms with Gasteiger partial charge in [-0.05, 0) is 0 Å². The van der Waals surface area contributed by atoms with Crippen molar-refractivity contribution in [3.63, 3.8) is 0 Å². The molecule has 2 aromatic heterocycles. The number of aliphatic hydroxyl groups excluding tert-OH is 3. The van der Waals surface area contributed by atoms with Crippen molar-refractivity contribution in [3.8, 4) is 0 Å². The van der Waals surface area contributed by atoms with Crippen LogP contribution in [0.2, 0.25) is 0 Å². The lowest BCUT2D eigenvalue weighted by molar-refractivity contribution is -0.0312. The molecule has 1 saturated heterocycles. The Labute approximate surface area is 180 Å². The number of nitrogens with zero attached hydrogens (tertiary/aromatic N) is 4. The molecule has 1 aliphatic rings. The van der Waals surface area contributed by atoms with Crippen LogP contribution < -0.4 is 27.2 Å². The number of ether oxygens (including phenoxy) is 2. The molecule has 0 bridgehead atoms. The molecule has 4 rings (SSSR count). The predicted molar refractivity (Wildman–Crippen MR) is 112 cm³/mol. The highest BCUT2D eigenvalue weighted by Gasteiger charge is 2.44. The molecule has 7 N–H and O–H groups in total. The topological polar surface area (TPSA) is 207 Å². The summed E-state index contributed by atoms with van der Waals surface area (Å²) in [5, 5.41) is 35.2. The second-order valence-corrected chi connectivity index (χ2v) is 7.18. The average Bonchev–Trinajstić information content (AvgIpc) is 3.34. The maximum Gasteiger partial charge on any atom is 0.253 e. The van der Waals surface area contributed by atoms with Crippen molar-refractivity contribution in [1.29, 1.82) is 0 Å². The first-order valence-electron chi connectivity index (χ1n) is 9.88. The van der Waals surface area contributed by atoms with Crippen molar-refractivity contribution in [2.75, 3.05) is 49.3 Å². The van der Waals surface area contributed by atoms with Crippen LogP contribution in [0, 0.1) is 0 Å². The van der Waals surface area contributed by atoms with Gasteiger partial charge in [-0.15, -0.1) is 0 Å². The van der Waals surface area contributed by atoms with Crippen LogP contribution in [0.1, 0.15) is 6.23 Å². The summed E-state index contributed by atoms with van der Waals surface area (Å²) in [6, 6.07) is 0. The normalized spacial score (nSPS) is 23.2. The second kappa shape index (κ2) is 9.13. The fraction of sp³-hybridized carbons (Fsp3) is 0.500. The molecule has 0 unspecified atom stereocenters. The Morgan fingerprint density at radius 2 is 1.84 bits per heavy atom. The number of aromatic nitrogens is 4. The SMILES string of the molecule is Nc1ncnc2c1ncn2[C@@H]1O[C@H](CNc2c(NCCOCCO)c(=O)c2=O)[C@@H](O)[C@H]1O. The molecule has 0 radical (unpaired) electrons. The molecule has 14 heteroatoms. The number of fused-ring (bicyclic) bond motifs is 1. The molecule has 32 heavy (non-hydrogen) atoms. The fourth-order valence-corrected chi connectivity index (χ4v) is 3.53. The molecule has 1 fully saturated rings. The van der Waals surface area contributed by atoms with Gasteiger partial charge in [0.25, 0.3) is 10.9 Å². The standard InChI is InChI=1S/C18H23N7O7/c19-16-11-17(23-6-22-16)25(7-24-11)18-15(30)12(27)8(32-18)5-21-10-9(13(28)14(10)29)20-1-3-31-4-2-26/h6-8,12,15,18,20-21,26-27,30H,1-5H2,(H2,19,22,23)/t8-,12-,15-,18-/m1/s1. The number of rotatable bonds is 10. The molecule has 3 aromatic rings. The third-order valence-electron chi connectivity index (χ3n) is 5.17. The fourth-order valence-electron chi connectivity index (χ4n) is 3.53. The van der Waals surface area contributed by atoms with Gasteiger partial charge in [0.1, 0.15) is 41.5 Å². The third kappa shape index (κ3) is 3.89. The summed E-state index contributed by atoms with van der Waals surface area (Å²) in [5.41, 5.74) is 5.27. The van der Waals surface area contributed by atoms with E-state index in [1.807, 2.05) is 0 Å². The summed E-state index contributed by atoms with van der Waals surface area (Å²) >= 11 is 0. The van der Waals surface area contributed by atoms with Crippen LogP contribution in [0.3, 0.4) is 0 Å². The van der Waals surface area contributed by atoms with E-state index in [0.29, 0.717) is 11.2 Å². The van der Waals surface area contributed by atoms with E-state index >= 15 is 0 Å². The number of aliphatic hydroxyl groups is 3. The Bertz CT molecular complexity index is 1160. The number of imidazole rings is 1. The minimum absolute atomic E-state index is 0.0426. The summed E-state index contributed by atoms with van der Waals surface area (Å²) in [5.74, 6) is 0.168. The summed E-state index contributed by atoms with van der Waals surface area (Å²) in [6.45, 7) is 0.521. The maximum atomic E-state index is 11.9. The van der Waals surface area contributed by atoms with Gasteiger partial charge in [0.2, 0.25) is 0 Å². The molecule has 0 spiro atoms. The third-order valence-corrected chi connectivity index (χ3v) is 5.17. The van der Waals surface area contributed by atoms with Crippen LogP contribution in [0.25, 0.3) is 11.2 Å². The molecule has 1 aromatic carbocycles. The molecule has 0 amide bonds. The van der Waals surface area contributed by atoms with Gasteiger partial charge in [-0.3, -0.25) is 14.2 Å². The smallest absolute Gasteiger partial charge is 0.253 e. The average molecular weight is 449 g/mol. The Morgan fingerprint density at radius 1 is 1.09 bits per heavy atom. The lowest BCUT2D eigenvalue weighted by atomic mass is 10.1. The summed E-state index contributed by atoms with van der Waals surface area (Å²) in [7, 11) is 0.